The van der Waals surface area contributed by atoms with Crippen molar-refractivity contribution in [2.45, 2.75) is 86.1 Å². The molecule has 2 aromatic carbocycles. The molecule has 12 atom stereocenters. The van der Waals surface area contributed by atoms with Gasteiger partial charge in [0.15, 0.2) is 0 Å². The molecule has 8 heterocycles. The molecule has 54 heavy (non-hydrogen) atoms. The highest BCUT2D eigenvalue weighted by Crippen LogP contribution is 2.67. The SMILES string of the molecule is CC12C[C@@H](O)[C@@]3(CO[C@@H]4[C@H]3[C@H]1C(=O)N4c1ccc(C#N)c(C(F)(F)F)c1)O2.CC12C[C@H](O)[C@]3(CO[C@H]4[C@@H]3[C@@H]1C(=O)N4c1ccc(C#N)c(C(F)(F)F)c1)O2. The van der Waals surface area contributed by atoms with E-state index in [2.05, 4.69) is 0 Å². The zero-order valence-corrected chi connectivity index (χ0v) is 28.3. The largest absolute Gasteiger partial charge is 0.417 e. The summed E-state index contributed by atoms with van der Waals surface area (Å²) < 4.78 is 104. The second-order valence-corrected chi connectivity index (χ2v) is 15.7. The molecule has 2 amide bonds. The molecule has 0 aromatic heterocycles. The third kappa shape index (κ3) is 4.29. The van der Waals surface area contributed by atoms with Gasteiger partial charge in [-0.3, -0.25) is 19.4 Å². The average molecular weight is 761 g/mol. The number of halogens is 6. The maximum atomic E-state index is 13.3. The summed E-state index contributed by atoms with van der Waals surface area (Å²) >= 11 is 0. The quantitative estimate of drug-likeness (QED) is 0.432. The van der Waals surface area contributed by atoms with E-state index in [-0.39, 0.29) is 49.2 Å². The van der Waals surface area contributed by atoms with Crippen LogP contribution in [-0.2, 0) is 40.9 Å². The molecule has 12 nitrogen and oxygen atoms in total. The Morgan fingerprint density at radius 1 is 0.704 bits per heavy atom. The van der Waals surface area contributed by atoms with E-state index in [9.17, 15) is 46.1 Å². The number of anilines is 2. The Bertz CT molecular complexity index is 1970. The molecule has 8 aliphatic rings. The van der Waals surface area contributed by atoms with Crippen LogP contribution >= 0.6 is 0 Å². The lowest BCUT2D eigenvalue weighted by Crippen LogP contribution is -2.49. The highest BCUT2D eigenvalue weighted by Gasteiger charge is 2.81. The van der Waals surface area contributed by atoms with Crippen molar-refractivity contribution >= 4 is 23.2 Å². The van der Waals surface area contributed by atoms with Crippen LogP contribution in [0.4, 0.5) is 37.7 Å². The summed E-state index contributed by atoms with van der Waals surface area (Å²) in [5.41, 5.74) is -6.85. The van der Waals surface area contributed by atoms with Gasteiger partial charge < -0.3 is 29.2 Å². The van der Waals surface area contributed by atoms with E-state index in [1.165, 1.54) is 34.1 Å². The smallest absolute Gasteiger partial charge is 0.390 e. The summed E-state index contributed by atoms with van der Waals surface area (Å²) in [4.78, 5) is 28.7. The van der Waals surface area contributed by atoms with E-state index in [1.54, 1.807) is 13.8 Å². The van der Waals surface area contributed by atoms with Crippen molar-refractivity contribution < 1.29 is 65.1 Å². The number of nitrogens with zero attached hydrogens (tertiary/aromatic N) is 4. The molecule has 2 N–H and O–H groups in total. The molecule has 8 saturated heterocycles. The lowest BCUT2D eigenvalue weighted by Gasteiger charge is -2.31. The molecular formula is C36H30F6N4O8. The van der Waals surface area contributed by atoms with Gasteiger partial charge in [0.05, 0.1) is 94.7 Å². The summed E-state index contributed by atoms with van der Waals surface area (Å²) in [6.45, 7) is 3.68. The predicted molar refractivity (Wildman–Crippen MR) is 166 cm³/mol. The number of fused-ring (bicyclic) bond motifs is 4. The van der Waals surface area contributed by atoms with Crippen molar-refractivity contribution in [2.24, 2.45) is 23.7 Å². The fourth-order valence-electron chi connectivity index (χ4n) is 10.8. The maximum Gasteiger partial charge on any atom is 0.417 e. The van der Waals surface area contributed by atoms with Gasteiger partial charge in [-0.2, -0.15) is 36.9 Å². The van der Waals surface area contributed by atoms with E-state index >= 15 is 0 Å². The van der Waals surface area contributed by atoms with Crippen molar-refractivity contribution in [1.29, 1.82) is 10.5 Å². The summed E-state index contributed by atoms with van der Waals surface area (Å²) in [5.74, 6) is -2.80. The fourth-order valence-corrected chi connectivity index (χ4v) is 10.8. The number of carbonyl (C=O) groups excluding carboxylic acids is 2. The zero-order chi connectivity index (χ0) is 38.7. The molecule has 8 aliphatic heterocycles. The molecule has 284 valence electrons. The number of ether oxygens (including phenoxy) is 4. The molecule has 18 heteroatoms. The van der Waals surface area contributed by atoms with Gasteiger partial charge in [-0.25, -0.2) is 0 Å². The Morgan fingerprint density at radius 3 is 1.41 bits per heavy atom. The van der Waals surface area contributed by atoms with Crippen LogP contribution in [0, 0.1) is 46.3 Å². The minimum absolute atomic E-state index is 0.0280. The summed E-state index contributed by atoms with van der Waals surface area (Å²) in [6.07, 6.45) is -12.0. The summed E-state index contributed by atoms with van der Waals surface area (Å²) in [5, 5.41) is 38.8. The topological polar surface area (TPSA) is 166 Å². The number of nitriles is 2. The van der Waals surface area contributed by atoms with Gasteiger partial charge in [0, 0.05) is 24.2 Å². The Labute approximate surface area is 302 Å². The summed E-state index contributed by atoms with van der Waals surface area (Å²) in [7, 11) is 0. The second-order valence-electron chi connectivity index (χ2n) is 15.7. The average Bonchev–Trinajstić information content (AvgIpc) is 3.94. The van der Waals surface area contributed by atoms with Crippen molar-refractivity contribution in [3.8, 4) is 12.1 Å². The first kappa shape index (κ1) is 35.4. The normalized spacial score (nSPS) is 41.9. The number of carbonyl (C=O) groups is 2. The van der Waals surface area contributed by atoms with Gasteiger partial charge in [-0.1, -0.05) is 0 Å². The Hall–Kier alpha value is -4.30. The fraction of sp³-hybridized carbons (Fsp3) is 0.556. The van der Waals surface area contributed by atoms with E-state index in [0.717, 1.165) is 24.3 Å². The van der Waals surface area contributed by atoms with Crippen molar-refractivity contribution in [1.82, 2.24) is 0 Å². The number of rotatable bonds is 2. The van der Waals surface area contributed by atoms with Gasteiger partial charge in [-0.05, 0) is 50.2 Å². The number of aliphatic hydroxyl groups excluding tert-OH is 2. The third-order valence-corrected chi connectivity index (χ3v) is 12.8. The number of alkyl halides is 6. The molecular weight excluding hydrogens is 730 g/mol. The number of aliphatic hydroxyl groups is 2. The van der Waals surface area contributed by atoms with Crippen molar-refractivity contribution in [2.75, 3.05) is 23.0 Å². The highest BCUT2D eigenvalue weighted by atomic mass is 19.4. The van der Waals surface area contributed by atoms with Gasteiger partial charge in [0.25, 0.3) is 0 Å². The predicted octanol–water partition coefficient (Wildman–Crippen LogP) is 3.61. The number of benzene rings is 2. The molecule has 0 saturated carbocycles. The molecule has 10 rings (SSSR count). The standard InChI is InChI=1S/2C18H15F3N2O4/c2*1-16-5-11(24)17(27-16)7-26-15-13(17)12(16)14(25)23(15)9-3-2-8(6-22)10(4-9)18(19,20)21/h2*2-4,11-13,15,24H,5,7H2,1H3/t2*11-,12+,13-,15-,16?,17-/m10/s1. The number of amides is 2. The lowest BCUT2D eigenvalue weighted by molar-refractivity contribution is -0.138. The van der Waals surface area contributed by atoms with E-state index < -0.39 is 105 Å². The van der Waals surface area contributed by atoms with Gasteiger partial charge in [0.2, 0.25) is 11.8 Å². The molecule has 2 spiro atoms. The number of hydrogen-bond donors (Lipinski definition) is 2. The third-order valence-electron chi connectivity index (χ3n) is 12.8. The number of hydrogen-bond acceptors (Lipinski definition) is 10. The maximum absolute atomic E-state index is 13.3. The molecule has 0 aliphatic carbocycles. The van der Waals surface area contributed by atoms with Crippen LogP contribution in [0.3, 0.4) is 0 Å². The van der Waals surface area contributed by atoms with E-state index in [0.29, 0.717) is 0 Å². The Balaban J connectivity index is 0.000000142. The van der Waals surface area contributed by atoms with Crippen LogP contribution in [0.2, 0.25) is 0 Å². The first-order valence-corrected chi connectivity index (χ1v) is 17.1. The zero-order valence-electron chi connectivity index (χ0n) is 28.3. The first-order valence-electron chi connectivity index (χ1n) is 17.1. The van der Waals surface area contributed by atoms with Crippen LogP contribution in [-0.4, -0.2) is 82.3 Å². The summed E-state index contributed by atoms with van der Waals surface area (Å²) in [6, 6.07) is 9.46. The molecule has 2 unspecified atom stereocenters. The first-order chi connectivity index (χ1) is 25.2. The molecule has 0 radical (unpaired) electrons. The molecule has 8 fully saturated rings. The van der Waals surface area contributed by atoms with Crippen molar-refractivity contribution in [3.05, 3.63) is 58.7 Å². The highest BCUT2D eigenvalue weighted by molar-refractivity contribution is 6.01. The van der Waals surface area contributed by atoms with Crippen LogP contribution < -0.4 is 9.80 Å². The minimum atomic E-state index is -4.72. The lowest BCUT2D eigenvalue weighted by atomic mass is 9.68. The van der Waals surface area contributed by atoms with Gasteiger partial charge in [0.1, 0.15) is 23.7 Å². The van der Waals surface area contributed by atoms with E-state index in [4.69, 9.17) is 29.5 Å². The molecule has 4 bridgehead atoms. The van der Waals surface area contributed by atoms with Gasteiger partial charge in [-0.15, -0.1) is 0 Å². The van der Waals surface area contributed by atoms with Crippen LogP contribution in [0.25, 0.3) is 0 Å². The minimum Gasteiger partial charge on any atom is -0.390 e. The second kappa shape index (κ2) is 10.7. The Kier molecular flexibility index (Phi) is 7.02. The van der Waals surface area contributed by atoms with E-state index in [1.807, 2.05) is 0 Å². The van der Waals surface area contributed by atoms with Crippen molar-refractivity contribution in [3.63, 3.8) is 0 Å². The van der Waals surface area contributed by atoms with Gasteiger partial charge >= 0.3 is 12.4 Å². The van der Waals surface area contributed by atoms with Crippen LogP contribution in [0.1, 0.15) is 48.9 Å². The van der Waals surface area contributed by atoms with Crippen LogP contribution in [0.5, 0.6) is 0 Å². The van der Waals surface area contributed by atoms with Crippen LogP contribution in [0.15, 0.2) is 36.4 Å². The Morgan fingerprint density at radius 2 is 1.07 bits per heavy atom. The monoisotopic (exact) mass is 760 g/mol. The molecule has 2 aromatic rings.